The molecule has 0 saturated carbocycles. The Balaban J connectivity index is 1.36. The van der Waals surface area contributed by atoms with Crippen LogP contribution in [-0.4, -0.2) is 29.2 Å². The summed E-state index contributed by atoms with van der Waals surface area (Å²) < 4.78 is 12.4. The van der Waals surface area contributed by atoms with Crippen LogP contribution in [0.4, 0.5) is 4.79 Å². The summed E-state index contributed by atoms with van der Waals surface area (Å²) in [5.41, 5.74) is 1.73. The second kappa shape index (κ2) is 10.9. The SMILES string of the molecule is O=C1S/C(=C\c2ccc(OCc3ccc(Br)cc3)c(Cl)c2)C(=O)N1CCOc1ccccc1. The van der Waals surface area contributed by atoms with Gasteiger partial charge in [0.05, 0.1) is 16.5 Å². The fraction of sp³-hybridized carbons (Fsp3) is 0.120. The minimum atomic E-state index is -0.339. The third-order valence-corrected chi connectivity index (χ3v) is 6.49. The van der Waals surface area contributed by atoms with Gasteiger partial charge in [0.1, 0.15) is 24.7 Å². The smallest absolute Gasteiger partial charge is 0.293 e. The van der Waals surface area contributed by atoms with E-state index in [4.69, 9.17) is 21.1 Å². The molecular weight excluding hydrogens is 526 g/mol. The molecule has 0 aromatic heterocycles. The van der Waals surface area contributed by atoms with Gasteiger partial charge in [0.15, 0.2) is 0 Å². The summed E-state index contributed by atoms with van der Waals surface area (Å²) in [6.45, 7) is 0.794. The first kappa shape index (κ1) is 23.4. The molecule has 3 aromatic rings. The van der Waals surface area contributed by atoms with Crippen LogP contribution in [0, 0.1) is 0 Å². The highest BCUT2D eigenvalue weighted by molar-refractivity contribution is 9.10. The van der Waals surface area contributed by atoms with E-state index in [2.05, 4.69) is 15.9 Å². The molecule has 3 aromatic carbocycles. The van der Waals surface area contributed by atoms with E-state index in [1.807, 2.05) is 54.6 Å². The van der Waals surface area contributed by atoms with Gasteiger partial charge in [-0.1, -0.05) is 63.9 Å². The van der Waals surface area contributed by atoms with Crippen molar-refractivity contribution < 1.29 is 19.1 Å². The van der Waals surface area contributed by atoms with Gasteiger partial charge in [-0.05, 0) is 65.4 Å². The lowest BCUT2D eigenvalue weighted by molar-refractivity contribution is -0.123. The molecule has 33 heavy (non-hydrogen) atoms. The molecule has 1 aliphatic rings. The molecule has 1 aliphatic heterocycles. The maximum Gasteiger partial charge on any atom is 0.293 e. The first-order valence-electron chi connectivity index (χ1n) is 10.1. The fourth-order valence-electron chi connectivity index (χ4n) is 3.08. The number of hydrogen-bond donors (Lipinski definition) is 0. The number of hydrogen-bond acceptors (Lipinski definition) is 5. The van der Waals surface area contributed by atoms with Crippen LogP contribution < -0.4 is 9.47 Å². The van der Waals surface area contributed by atoms with Crippen molar-refractivity contribution in [3.63, 3.8) is 0 Å². The number of para-hydroxylation sites is 1. The van der Waals surface area contributed by atoms with E-state index in [0.29, 0.717) is 33.6 Å². The highest BCUT2D eigenvalue weighted by Crippen LogP contribution is 2.34. The monoisotopic (exact) mass is 543 g/mol. The molecule has 1 fully saturated rings. The Kier molecular flexibility index (Phi) is 7.75. The van der Waals surface area contributed by atoms with Crippen molar-refractivity contribution in [2.75, 3.05) is 13.2 Å². The van der Waals surface area contributed by atoms with E-state index in [-0.39, 0.29) is 24.3 Å². The van der Waals surface area contributed by atoms with Gasteiger partial charge in [-0.25, -0.2) is 0 Å². The maximum absolute atomic E-state index is 12.7. The van der Waals surface area contributed by atoms with Crippen LogP contribution in [-0.2, 0) is 11.4 Å². The van der Waals surface area contributed by atoms with Crippen molar-refractivity contribution in [3.8, 4) is 11.5 Å². The summed E-state index contributed by atoms with van der Waals surface area (Å²) in [5.74, 6) is 0.897. The third kappa shape index (κ3) is 6.19. The molecule has 0 bridgehead atoms. The molecule has 0 atom stereocenters. The zero-order valence-corrected chi connectivity index (χ0v) is 20.5. The van der Waals surface area contributed by atoms with Crippen LogP contribution in [0.3, 0.4) is 0 Å². The summed E-state index contributed by atoms with van der Waals surface area (Å²) in [7, 11) is 0. The lowest BCUT2D eigenvalue weighted by Gasteiger charge is -2.13. The van der Waals surface area contributed by atoms with E-state index in [1.54, 1.807) is 24.3 Å². The predicted molar refractivity (Wildman–Crippen MR) is 135 cm³/mol. The Morgan fingerprint density at radius 2 is 1.73 bits per heavy atom. The van der Waals surface area contributed by atoms with Crippen LogP contribution in [0.25, 0.3) is 6.08 Å². The van der Waals surface area contributed by atoms with Gasteiger partial charge in [-0.15, -0.1) is 0 Å². The first-order chi connectivity index (χ1) is 16.0. The average Bonchev–Trinajstić information content (AvgIpc) is 3.07. The predicted octanol–water partition coefficient (Wildman–Crippen LogP) is 6.80. The minimum Gasteiger partial charge on any atom is -0.492 e. The standard InChI is InChI=1S/C25H19BrClNO4S/c26-19-9-6-17(7-10-19)16-32-22-11-8-18(14-21(22)27)15-23-24(29)28(25(30)33-23)12-13-31-20-4-2-1-3-5-20/h1-11,14-15H,12-13,16H2/b23-15-. The van der Waals surface area contributed by atoms with Gasteiger partial charge in [-0.2, -0.15) is 0 Å². The molecule has 0 unspecified atom stereocenters. The molecule has 168 valence electrons. The van der Waals surface area contributed by atoms with Crippen molar-refractivity contribution in [2.45, 2.75) is 6.61 Å². The normalized spacial score (nSPS) is 14.7. The topological polar surface area (TPSA) is 55.8 Å². The van der Waals surface area contributed by atoms with E-state index in [1.165, 1.54) is 4.90 Å². The first-order valence-corrected chi connectivity index (χ1v) is 12.1. The van der Waals surface area contributed by atoms with Gasteiger partial charge < -0.3 is 9.47 Å². The van der Waals surface area contributed by atoms with Crippen LogP contribution in [0.1, 0.15) is 11.1 Å². The van der Waals surface area contributed by atoms with Crippen LogP contribution in [0.5, 0.6) is 11.5 Å². The molecule has 0 N–H and O–H groups in total. The number of amides is 2. The van der Waals surface area contributed by atoms with Crippen LogP contribution in [0.2, 0.25) is 5.02 Å². The zero-order valence-electron chi connectivity index (χ0n) is 17.4. The molecule has 2 amide bonds. The lowest BCUT2D eigenvalue weighted by Crippen LogP contribution is -2.32. The van der Waals surface area contributed by atoms with E-state index in [0.717, 1.165) is 21.8 Å². The van der Waals surface area contributed by atoms with Crippen molar-refractivity contribution in [1.29, 1.82) is 0 Å². The molecule has 1 heterocycles. The van der Waals surface area contributed by atoms with Crippen molar-refractivity contribution in [3.05, 3.63) is 98.3 Å². The molecule has 0 radical (unpaired) electrons. The lowest BCUT2D eigenvalue weighted by atomic mass is 10.2. The molecule has 4 rings (SSSR count). The van der Waals surface area contributed by atoms with Crippen molar-refractivity contribution in [1.82, 2.24) is 4.90 Å². The summed E-state index contributed by atoms with van der Waals surface area (Å²) in [5, 5.41) is 0.111. The number of carbonyl (C=O) groups excluding carboxylic acids is 2. The molecule has 1 saturated heterocycles. The number of nitrogens with zero attached hydrogens (tertiary/aromatic N) is 1. The summed E-state index contributed by atoms with van der Waals surface area (Å²) in [4.78, 5) is 26.5. The second-order valence-electron chi connectivity index (χ2n) is 7.10. The number of ether oxygens (including phenoxy) is 2. The number of imide groups is 1. The number of rotatable bonds is 8. The van der Waals surface area contributed by atoms with Gasteiger partial charge in [0.25, 0.3) is 11.1 Å². The summed E-state index contributed by atoms with van der Waals surface area (Å²) in [6.07, 6.45) is 1.66. The average molecular weight is 545 g/mol. The highest BCUT2D eigenvalue weighted by atomic mass is 79.9. The molecule has 0 aliphatic carbocycles. The molecule has 8 heteroatoms. The Labute approximate surface area is 209 Å². The molecule has 5 nitrogen and oxygen atoms in total. The van der Waals surface area contributed by atoms with Gasteiger partial charge >= 0.3 is 0 Å². The van der Waals surface area contributed by atoms with Crippen molar-refractivity contribution >= 4 is 56.5 Å². The van der Waals surface area contributed by atoms with Gasteiger partial charge in [-0.3, -0.25) is 14.5 Å². The third-order valence-electron chi connectivity index (χ3n) is 4.76. The number of thioether (sulfide) groups is 1. The largest absolute Gasteiger partial charge is 0.492 e. The Bertz CT molecular complexity index is 1180. The fourth-order valence-corrected chi connectivity index (χ4v) is 4.45. The van der Waals surface area contributed by atoms with E-state index >= 15 is 0 Å². The van der Waals surface area contributed by atoms with E-state index < -0.39 is 0 Å². The van der Waals surface area contributed by atoms with Crippen LogP contribution >= 0.6 is 39.3 Å². The molecular formula is C25H19BrClNO4S. The summed E-state index contributed by atoms with van der Waals surface area (Å²) >= 11 is 10.7. The maximum atomic E-state index is 12.7. The summed E-state index contributed by atoms with van der Waals surface area (Å²) in [6, 6.07) is 22.4. The number of halogens is 2. The molecule has 0 spiro atoms. The van der Waals surface area contributed by atoms with Gasteiger partial charge in [0.2, 0.25) is 0 Å². The quantitative estimate of drug-likeness (QED) is 0.292. The van der Waals surface area contributed by atoms with Gasteiger partial charge in [0, 0.05) is 4.47 Å². The highest BCUT2D eigenvalue weighted by Gasteiger charge is 2.34. The zero-order chi connectivity index (χ0) is 23.2. The Morgan fingerprint density at radius 3 is 2.45 bits per heavy atom. The number of carbonyl (C=O) groups is 2. The van der Waals surface area contributed by atoms with Crippen LogP contribution in [0.15, 0.2) is 82.2 Å². The van der Waals surface area contributed by atoms with Crippen molar-refractivity contribution in [2.24, 2.45) is 0 Å². The Morgan fingerprint density at radius 1 is 0.970 bits per heavy atom. The minimum absolute atomic E-state index is 0.181. The van der Waals surface area contributed by atoms with E-state index in [9.17, 15) is 9.59 Å². The number of benzene rings is 3. The second-order valence-corrected chi connectivity index (χ2v) is 9.42. The Hall–Kier alpha value is -2.74.